The Morgan fingerprint density at radius 2 is 2.00 bits per heavy atom. The van der Waals surface area contributed by atoms with Crippen molar-refractivity contribution in [1.29, 1.82) is 0 Å². The van der Waals surface area contributed by atoms with E-state index in [-0.39, 0.29) is 5.91 Å². The number of ether oxygens (including phenoxy) is 2. The first kappa shape index (κ1) is 15.9. The standard InChI is InChI=1S/C18H19N3O3/c1-23-15-7-6-12(10-16(15)24-2)8-9-19-18(22)14-5-3-4-13-11-20-21-17(13)14/h3-7,10-11H,8-9H2,1-2H3,(H,19,22)(H,20,21). The van der Waals surface area contributed by atoms with Gasteiger partial charge in [-0.3, -0.25) is 9.89 Å². The minimum Gasteiger partial charge on any atom is -0.493 e. The third-order valence-electron chi connectivity index (χ3n) is 3.87. The van der Waals surface area contributed by atoms with Crippen LogP contribution >= 0.6 is 0 Å². The molecule has 0 atom stereocenters. The van der Waals surface area contributed by atoms with Crippen molar-refractivity contribution in [3.05, 3.63) is 53.7 Å². The molecule has 6 nitrogen and oxygen atoms in total. The molecule has 0 saturated carbocycles. The van der Waals surface area contributed by atoms with Crippen LogP contribution in [0.1, 0.15) is 15.9 Å². The van der Waals surface area contributed by atoms with E-state index in [0.717, 1.165) is 16.5 Å². The lowest BCUT2D eigenvalue weighted by Gasteiger charge is -2.10. The zero-order valence-electron chi connectivity index (χ0n) is 13.6. The van der Waals surface area contributed by atoms with Crippen LogP contribution in [-0.2, 0) is 6.42 Å². The van der Waals surface area contributed by atoms with Crippen molar-refractivity contribution in [3.8, 4) is 11.5 Å². The predicted molar refractivity (Wildman–Crippen MR) is 91.7 cm³/mol. The fourth-order valence-corrected chi connectivity index (χ4v) is 2.61. The van der Waals surface area contributed by atoms with Crippen LogP contribution < -0.4 is 14.8 Å². The largest absolute Gasteiger partial charge is 0.493 e. The van der Waals surface area contributed by atoms with Crippen LogP contribution in [0.4, 0.5) is 0 Å². The van der Waals surface area contributed by atoms with Crippen molar-refractivity contribution in [1.82, 2.24) is 15.5 Å². The van der Waals surface area contributed by atoms with Crippen molar-refractivity contribution in [2.45, 2.75) is 6.42 Å². The Hall–Kier alpha value is -3.02. The molecule has 0 aliphatic carbocycles. The predicted octanol–water partition coefficient (Wildman–Crippen LogP) is 2.55. The van der Waals surface area contributed by atoms with Crippen LogP contribution in [0.15, 0.2) is 42.6 Å². The number of amides is 1. The third-order valence-corrected chi connectivity index (χ3v) is 3.87. The molecule has 6 heteroatoms. The van der Waals surface area contributed by atoms with Crippen LogP contribution in [-0.4, -0.2) is 36.9 Å². The first-order valence-electron chi connectivity index (χ1n) is 7.64. The minimum absolute atomic E-state index is 0.120. The summed E-state index contributed by atoms with van der Waals surface area (Å²) in [5, 5.41) is 10.7. The first-order valence-corrected chi connectivity index (χ1v) is 7.64. The molecule has 0 radical (unpaired) electrons. The quantitative estimate of drug-likeness (QED) is 0.730. The molecule has 0 unspecified atom stereocenters. The topological polar surface area (TPSA) is 76.2 Å². The number of nitrogens with one attached hydrogen (secondary N) is 2. The summed E-state index contributed by atoms with van der Waals surface area (Å²) in [6.45, 7) is 0.527. The monoisotopic (exact) mass is 325 g/mol. The summed E-state index contributed by atoms with van der Waals surface area (Å²) in [5.74, 6) is 1.25. The average Bonchev–Trinajstić information content (AvgIpc) is 3.10. The maximum absolute atomic E-state index is 12.4. The minimum atomic E-state index is -0.120. The summed E-state index contributed by atoms with van der Waals surface area (Å²) >= 11 is 0. The molecular weight excluding hydrogens is 306 g/mol. The molecule has 1 aromatic heterocycles. The molecule has 0 bridgehead atoms. The Morgan fingerprint density at radius 3 is 2.79 bits per heavy atom. The van der Waals surface area contributed by atoms with Crippen LogP contribution in [0, 0.1) is 0 Å². The average molecular weight is 325 g/mol. The van der Waals surface area contributed by atoms with Crippen molar-refractivity contribution in [2.75, 3.05) is 20.8 Å². The second-order valence-corrected chi connectivity index (χ2v) is 5.34. The number of methoxy groups -OCH3 is 2. The maximum atomic E-state index is 12.4. The first-order chi connectivity index (χ1) is 11.7. The van der Waals surface area contributed by atoms with Gasteiger partial charge < -0.3 is 14.8 Å². The molecule has 24 heavy (non-hydrogen) atoms. The molecule has 2 aromatic carbocycles. The Labute approximate surface area is 139 Å². The van der Waals surface area contributed by atoms with E-state index in [2.05, 4.69) is 15.5 Å². The highest BCUT2D eigenvalue weighted by Gasteiger charge is 2.11. The number of carbonyl (C=O) groups excluding carboxylic acids is 1. The molecule has 0 aliphatic rings. The number of benzene rings is 2. The van der Waals surface area contributed by atoms with E-state index in [1.54, 1.807) is 26.5 Å². The van der Waals surface area contributed by atoms with E-state index >= 15 is 0 Å². The van der Waals surface area contributed by atoms with Gasteiger partial charge >= 0.3 is 0 Å². The number of hydrogen-bond acceptors (Lipinski definition) is 4. The van der Waals surface area contributed by atoms with Gasteiger partial charge in [-0.25, -0.2) is 0 Å². The number of aromatic nitrogens is 2. The Kier molecular flexibility index (Phi) is 4.65. The van der Waals surface area contributed by atoms with Gasteiger partial charge in [0, 0.05) is 11.9 Å². The van der Waals surface area contributed by atoms with E-state index in [0.29, 0.717) is 30.0 Å². The van der Waals surface area contributed by atoms with Gasteiger partial charge in [0.15, 0.2) is 11.5 Å². The Morgan fingerprint density at radius 1 is 1.17 bits per heavy atom. The highest BCUT2D eigenvalue weighted by atomic mass is 16.5. The highest BCUT2D eigenvalue weighted by molar-refractivity contribution is 6.05. The number of hydrogen-bond donors (Lipinski definition) is 2. The van der Waals surface area contributed by atoms with Gasteiger partial charge in [-0.05, 0) is 30.2 Å². The van der Waals surface area contributed by atoms with Gasteiger partial charge in [0.05, 0.1) is 31.5 Å². The third kappa shape index (κ3) is 3.17. The van der Waals surface area contributed by atoms with Gasteiger partial charge in [0.1, 0.15) is 0 Å². The number of aromatic amines is 1. The van der Waals surface area contributed by atoms with Gasteiger partial charge in [-0.15, -0.1) is 0 Å². The number of fused-ring (bicyclic) bond motifs is 1. The summed E-state index contributed by atoms with van der Waals surface area (Å²) < 4.78 is 10.5. The summed E-state index contributed by atoms with van der Waals surface area (Å²) in [7, 11) is 3.21. The van der Waals surface area contributed by atoms with Gasteiger partial charge in [0.2, 0.25) is 0 Å². The van der Waals surface area contributed by atoms with E-state index in [1.807, 2.05) is 30.3 Å². The van der Waals surface area contributed by atoms with Crippen molar-refractivity contribution < 1.29 is 14.3 Å². The second-order valence-electron chi connectivity index (χ2n) is 5.34. The zero-order chi connectivity index (χ0) is 16.9. The van der Waals surface area contributed by atoms with E-state index < -0.39 is 0 Å². The summed E-state index contributed by atoms with van der Waals surface area (Å²) in [4.78, 5) is 12.4. The molecule has 3 rings (SSSR count). The summed E-state index contributed by atoms with van der Waals surface area (Å²) in [6.07, 6.45) is 2.40. The van der Waals surface area contributed by atoms with Crippen LogP contribution in [0.3, 0.4) is 0 Å². The molecule has 1 heterocycles. The van der Waals surface area contributed by atoms with Crippen LogP contribution in [0.2, 0.25) is 0 Å². The smallest absolute Gasteiger partial charge is 0.253 e. The number of H-pyrrole nitrogens is 1. The molecule has 0 fully saturated rings. The van der Waals surface area contributed by atoms with Crippen LogP contribution in [0.5, 0.6) is 11.5 Å². The van der Waals surface area contributed by atoms with E-state index in [4.69, 9.17) is 9.47 Å². The number of nitrogens with zero attached hydrogens (tertiary/aromatic N) is 1. The van der Waals surface area contributed by atoms with Crippen molar-refractivity contribution >= 4 is 16.8 Å². The lowest BCUT2D eigenvalue weighted by Crippen LogP contribution is -2.25. The molecule has 3 aromatic rings. The molecule has 0 aliphatic heterocycles. The molecule has 0 saturated heterocycles. The molecule has 1 amide bonds. The Bertz CT molecular complexity index is 858. The van der Waals surface area contributed by atoms with Gasteiger partial charge in [0.25, 0.3) is 5.91 Å². The molecular formula is C18H19N3O3. The normalized spacial score (nSPS) is 10.6. The van der Waals surface area contributed by atoms with Crippen molar-refractivity contribution in [3.63, 3.8) is 0 Å². The van der Waals surface area contributed by atoms with Crippen LogP contribution in [0.25, 0.3) is 10.9 Å². The number of para-hydroxylation sites is 1. The summed E-state index contributed by atoms with van der Waals surface area (Å²) in [6, 6.07) is 11.3. The van der Waals surface area contributed by atoms with E-state index in [1.165, 1.54) is 0 Å². The number of carbonyl (C=O) groups is 1. The summed E-state index contributed by atoms with van der Waals surface area (Å²) in [5.41, 5.74) is 2.41. The fraction of sp³-hybridized carbons (Fsp3) is 0.222. The molecule has 2 N–H and O–H groups in total. The highest BCUT2D eigenvalue weighted by Crippen LogP contribution is 2.27. The lowest BCUT2D eigenvalue weighted by molar-refractivity contribution is 0.0955. The molecule has 0 spiro atoms. The second kappa shape index (κ2) is 7.04. The number of rotatable bonds is 6. The maximum Gasteiger partial charge on any atom is 0.253 e. The van der Waals surface area contributed by atoms with Crippen molar-refractivity contribution in [2.24, 2.45) is 0 Å². The lowest BCUT2D eigenvalue weighted by atomic mass is 10.1. The Balaban J connectivity index is 1.64. The fourth-order valence-electron chi connectivity index (χ4n) is 2.61. The van der Waals surface area contributed by atoms with E-state index in [9.17, 15) is 4.79 Å². The zero-order valence-corrected chi connectivity index (χ0v) is 13.6. The van der Waals surface area contributed by atoms with Gasteiger partial charge in [-0.2, -0.15) is 5.10 Å². The SMILES string of the molecule is COc1ccc(CCNC(=O)c2cccc3cn[nH]c23)cc1OC. The molecule has 124 valence electrons. The van der Waals surface area contributed by atoms with Gasteiger partial charge in [-0.1, -0.05) is 18.2 Å².